The summed E-state index contributed by atoms with van der Waals surface area (Å²) >= 11 is 0. The van der Waals surface area contributed by atoms with Gasteiger partial charge in [-0.15, -0.1) is 0 Å². The predicted octanol–water partition coefficient (Wildman–Crippen LogP) is 2.33. The summed E-state index contributed by atoms with van der Waals surface area (Å²) < 4.78 is 10.6. The summed E-state index contributed by atoms with van der Waals surface area (Å²) in [7, 11) is 3.20. The van der Waals surface area contributed by atoms with E-state index < -0.39 is 0 Å². The van der Waals surface area contributed by atoms with Gasteiger partial charge in [0, 0.05) is 24.8 Å². The molecule has 0 aliphatic carbocycles. The molecule has 0 radical (unpaired) electrons. The average Bonchev–Trinajstić information content (AvgIpc) is 2.71. The standard InChI is InChI=1S/C21H26N4O4/c1-13(2)12-25-18(26)10-15-11-23-21(24-19(15)20(25)27)22-8-7-14-5-6-16(28-3)17(9-14)29-4/h5-6,9,11,13H,7-8,10,12H2,1-4H3,(H,22,23,24). The van der Waals surface area contributed by atoms with Gasteiger partial charge in [-0.05, 0) is 30.0 Å². The van der Waals surface area contributed by atoms with Crippen molar-refractivity contribution >= 4 is 17.8 Å². The van der Waals surface area contributed by atoms with E-state index in [-0.39, 0.29) is 24.2 Å². The van der Waals surface area contributed by atoms with Gasteiger partial charge in [0.1, 0.15) is 5.69 Å². The van der Waals surface area contributed by atoms with Crippen LogP contribution in [0.25, 0.3) is 0 Å². The van der Waals surface area contributed by atoms with E-state index in [9.17, 15) is 9.59 Å². The van der Waals surface area contributed by atoms with E-state index in [4.69, 9.17) is 9.47 Å². The molecule has 0 saturated heterocycles. The van der Waals surface area contributed by atoms with Crippen LogP contribution in [0.3, 0.4) is 0 Å². The normalized spacial score (nSPS) is 13.5. The molecule has 1 N–H and O–H groups in total. The predicted molar refractivity (Wildman–Crippen MR) is 108 cm³/mol. The van der Waals surface area contributed by atoms with Crippen molar-refractivity contribution in [2.45, 2.75) is 26.7 Å². The van der Waals surface area contributed by atoms with Gasteiger partial charge in [0.25, 0.3) is 5.91 Å². The molecule has 1 aromatic carbocycles. The van der Waals surface area contributed by atoms with Crippen molar-refractivity contribution in [1.82, 2.24) is 14.9 Å². The maximum atomic E-state index is 12.7. The number of anilines is 1. The molecule has 29 heavy (non-hydrogen) atoms. The number of methoxy groups -OCH3 is 2. The Hall–Kier alpha value is -3.16. The molecule has 1 aliphatic heterocycles. The molecule has 0 unspecified atom stereocenters. The molecule has 8 heteroatoms. The van der Waals surface area contributed by atoms with E-state index in [0.29, 0.717) is 48.2 Å². The van der Waals surface area contributed by atoms with Gasteiger partial charge in [0.05, 0.1) is 20.6 Å². The Bertz CT molecular complexity index is 914. The average molecular weight is 398 g/mol. The third-order valence-corrected chi connectivity index (χ3v) is 4.65. The van der Waals surface area contributed by atoms with Gasteiger partial charge < -0.3 is 14.8 Å². The number of hydrogen-bond acceptors (Lipinski definition) is 7. The molecule has 3 rings (SSSR count). The van der Waals surface area contributed by atoms with Crippen LogP contribution in [0, 0.1) is 5.92 Å². The van der Waals surface area contributed by atoms with Crippen molar-refractivity contribution in [3.05, 3.63) is 41.2 Å². The van der Waals surface area contributed by atoms with Gasteiger partial charge in [-0.25, -0.2) is 9.97 Å². The van der Waals surface area contributed by atoms with Crippen molar-refractivity contribution in [1.29, 1.82) is 0 Å². The summed E-state index contributed by atoms with van der Waals surface area (Å²) in [6.45, 7) is 4.91. The molecule has 0 spiro atoms. The van der Waals surface area contributed by atoms with Gasteiger partial charge in [0.15, 0.2) is 11.5 Å². The molecule has 0 fully saturated rings. The Balaban J connectivity index is 1.67. The summed E-state index contributed by atoms with van der Waals surface area (Å²) in [6, 6.07) is 5.76. The Labute approximate surface area is 170 Å². The number of amides is 2. The molecule has 8 nitrogen and oxygen atoms in total. The number of ether oxygens (including phenoxy) is 2. The molecule has 0 saturated carbocycles. The van der Waals surface area contributed by atoms with Crippen LogP contribution in [-0.2, 0) is 17.6 Å². The summed E-state index contributed by atoms with van der Waals surface area (Å²) in [4.78, 5) is 34.8. The lowest BCUT2D eigenvalue weighted by Gasteiger charge is -2.27. The minimum absolute atomic E-state index is 0.152. The van der Waals surface area contributed by atoms with Gasteiger partial charge in [-0.2, -0.15) is 0 Å². The van der Waals surface area contributed by atoms with E-state index in [1.807, 2.05) is 32.0 Å². The van der Waals surface area contributed by atoms with E-state index in [2.05, 4.69) is 15.3 Å². The van der Waals surface area contributed by atoms with Crippen LogP contribution >= 0.6 is 0 Å². The number of carbonyl (C=O) groups is 2. The topological polar surface area (TPSA) is 93.6 Å². The van der Waals surface area contributed by atoms with E-state index in [0.717, 1.165) is 5.56 Å². The zero-order valence-corrected chi connectivity index (χ0v) is 17.2. The molecule has 1 aromatic heterocycles. The van der Waals surface area contributed by atoms with Gasteiger partial charge in [-0.1, -0.05) is 19.9 Å². The smallest absolute Gasteiger partial charge is 0.279 e. The summed E-state index contributed by atoms with van der Waals surface area (Å²) in [5.41, 5.74) is 1.94. The molecular formula is C21H26N4O4. The molecule has 154 valence electrons. The first-order valence-corrected chi connectivity index (χ1v) is 9.58. The first-order chi connectivity index (χ1) is 13.9. The van der Waals surface area contributed by atoms with Crippen molar-refractivity contribution in [2.75, 3.05) is 32.6 Å². The van der Waals surface area contributed by atoms with Crippen LogP contribution in [0.2, 0.25) is 0 Å². The first-order valence-electron chi connectivity index (χ1n) is 9.58. The van der Waals surface area contributed by atoms with Crippen LogP contribution in [-0.4, -0.2) is 54.0 Å². The van der Waals surface area contributed by atoms with E-state index in [1.54, 1.807) is 20.4 Å². The lowest BCUT2D eigenvalue weighted by atomic mass is 10.0. The largest absolute Gasteiger partial charge is 0.493 e. The lowest BCUT2D eigenvalue weighted by Crippen LogP contribution is -2.44. The zero-order valence-electron chi connectivity index (χ0n) is 17.2. The molecule has 1 aliphatic rings. The second-order valence-corrected chi connectivity index (χ2v) is 7.31. The number of nitrogens with zero attached hydrogens (tertiary/aromatic N) is 3. The number of fused-ring (bicyclic) bond motifs is 1. The number of hydrogen-bond donors (Lipinski definition) is 1. The lowest BCUT2D eigenvalue weighted by molar-refractivity contribution is -0.128. The Kier molecular flexibility index (Phi) is 6.31. The Morgan fingerprint density at radius 2 is 1.93 bits per heavy atom. The highest BCUT2D eigenvalue weighted by Crippen LogP contribution is 2.27. The Morgan fingerprint density at radius 3 is 2.62 bits per heavy atom. The van der Waals surface area contributed by atoms with Gasteiger partial charge in [0.2, 0.25) is 11.9 Å². The van der Waals surface area contributed by atoms with Crippen LogP contribution < -0.4 is 14.8 Å². The fourth-order valence-corrected chi connectivity index (χ4v) is 3.21. The maximum absolute atomic E-state index is 12.7. The minimum atomic E-state index is -0.352. The van der Waals surface area contributed by atoms with Crippen LogP contribution in [0.1, 0.15) is 35.5 Å². The Morgan fingerprint density at radius 1 is 1.17 bits per heavy atom. The second-order valence-electron chi connectivity index (χ2n) is 7.31. The molecule has 2 aromatic rings. The second kappa shape index (κ2) is 8.89. The van der Waals surface area contributed by atoms with Gasteiger partial charge >= 0.3 is 0 Å². The molecule has 2 heterocycles. The minimum Gasteiger partial charge on any atom is -0.493 e. The first kappa shape index (κ1) is 20.6. The number of carbonyl (C=O) groups excluding carboxylic acids is 2. The van der Waals surface area contributed by atoms with Crippen molar-refractivity contribution in [2.24, 2.45) is 5.92 Å². The zero-order chi connectivity index (χ0) is 21.0. The highest BCUT2D eigenvalue weighted by atomic mass is 16.5. The number of imide groups is 1. The molecule has 0 bridgehead atoms. The quantitative estimate of drug-likeness (QED) is 0.682. The fraction of sp³-hybridized carbons (Fsp3) is 0.429. The number of nitrogens with one attached hydrogen (secondary N) is 1. The molecule has 0 atom stereocenters. The van der Waals surface area contributed by atoms with Crippen molar-refractivity contribution < 1.29 is 19.1 Å². The summed E-state index contributed by atoms with van der Waals surface area (Å²) in [5, 5.41) is 3.15. The van der Waals surface area contributed by atoms with E-state index >= 15 is 0 Å². The van der Waals surface area contributed by atoms with Gasteiger partial charge in [-0.3, -0.25) is 14.5 Å². The monoisotopic (exact) mass is 398 g/mol. The SMILES string of the molecule is COc1ccc(CCNc2ncc3c(n2)C(=O)N(CC(C)C)C(=O)C3)cc1OC. The van der Waals surface area contributed by atoms with Crippen LogP contribution in [0.4, 0.5) is 5.95 Å². The number of benzene rings is 1. The summed E-state index contributed by atoms with van der Waals surface area (Å²) in [6.07, 6.45) is 2.43. The highest BCUT2D eigenvalue weighted by molar-refractivity contribution is 6.08. The highest BCUT2D eigenvalue weighted by Gasteiger charge is 2.33. The molecular weight excluding hydrogens is 372 g/mol. The number of rotatable bonds is 8. The molecule has 2 amide bonds. The third kappa shape index (κ3) is 4.64. The summed E-state index contributed by atoms with van der Waals surface area (Å²) in [5.74, 6) is 1.38. The fourth-order valence-electron chi connectivity index (χ4n) is 3.21. The van der Waals surface area contributed by atoms with Crippen LogP contribution in [0.15, 0.2) is 24.4 Å². The number of aromatic nitrogens is 2. The van der Waals surface area contributed by atoms with Crippen molar-refractivity contribution in [3.8, 4) is 11.5 Å². The maximum Gasteiger partial charge on any atom is 0.279 e. The van der Waals surface area contributed by atoms with Crippen LogP contribution in [0.5, 0.6) is 11.5 Å². The third-order valence-electron chi connectivity index (χ3n) is 4.65. The van der Waals surface area contributed by atoms with E-state index in [1.165, 1.54) is 4.90 Å². The van der Waals surface area contributed by atoms with Crippen molar-refractivity contribution in [3.63, 3.8) is 0 Å².